The Kier molecular flexibility index (Phi) is 8.98. The second kappa shape index (κ2) is 11.8. The summed E-state index contributed by atoms with van der Waals surface area (Å²) < 4.78 is 7.44. The SMILES string of the molecule is CC(=O)Nc1nc2c(OC(=O)C3C(C(C)(C)C)CC(C)CC3C(C)(C)C)c(-c3ccc(Cl)cc3)c(Cl)n2c(=O)c1=C(C)O. The molecule has 1 fully saturated rings. The van der Waals surface area contributed by atoms with Crippen LogP contribution in [0.2, 0.25) is 10.2 Å². The molecule has 0 aliphatic heterocycles. The molecule has 1 aliphatic rings. The molecule has 2 N–H and O–H groups in total. The molecule has 0 spiro atoms. The van der Waals surface area contributed by atoms with Gasteiger partial charge in [0.1, 0.15) is 16.1 Å². The van der Waals surface area contributed by atoms with Crippen molar-refractivity contribution < 1.29 is 19.4 Å². The van der Waals surface area contributed by atoms with Crippen molar-refractivity contribution in [3.63, 3.8) is 0 Å². The van der Waals surface area contributed by atoms with Gasteiger partial charge in [0.25, 0.3) is 5.56 Å². The minimum atomic E-state index is -0.720. The van der Waals surface area contributed by atoms with E-state index in [2.05, 4.69) is 58.8 Å². The molecule has 3 aromatic rings. The summed E-state index contributed by atoms with van der Waals surface area (Å²) in [5, 5.41) is 13.1. The molecular weight excluding hydrogens is 589 g/mol. The van der Waals surface area contributed by atoms with E-state index in [0.29, 0.717) is 16.5 Å². The number of rotatable bonds is 4. The third-order valence-electron chi connectivity index (χ3n) is 8.58. The van der Waals surface area contributed by atoms with Gasteiger partial charge < -0.3 is 15.2 Å². The summed E-state index contributed by atoms with van der Waals surface area (Å²) in [5.74, 6) is -1.35. The molecule has 4 rings (SSSR count). The number of carbonyl (C=O) groups is 2. The van der Waals surface area contributed by atoms with Gasteiger partial charge in [0.05, 0.1) is 11.5 Å². The molecule has 2 heterocycles. The Morgan fingerprint density at radius 1 is 1.00 bits per heavy atom. The van der Waals surface area contributed by atoms with E-state index in [4.69, 9.17) is 27.9 Å². The second-order valence-electron chi connectivity index (χ2n) is 14.0. The smallest absolute Gasteiger partial charge is 0.315 e. The number of halogens is 2. The number of ether oxygens (including phenoxy) is 1. The monoisotopic (exact) mass is 629 g/mol. The van der Waals surface area contributed by atoms with Gasteiger partial charge in [0, 0.05) is 11.9 Å². The van der Waals surface area contributed by atoms with Crippen LogP contribution in [0, 0.1) is 34.5 Å². The zero-order valence-electron chi connectivity index (χ0n) is 26.3. The van der Waals surface area contributed by atoms with Crippen molar-refractivity contribution in [1.29, 1.82) is 0 Å². The fraction of sp³-hybridized carbons (Fsp3) is 0.515. The second-order valence-corrected chi connectivity index (χ2v) is 14.8. The highest BCUT2D eigenvalue weighted by atomic mass is 35.5. The highest BCUT2D eigenvalue weighted by molar-refractivity contribution is 6.34. The van der Waals surface area contributed by atoms with Crippen LogP contribution in [0.25, 0.3) is 22.5 Å². The topological polar surface area (TPSA) is 110 Å². The number of nitrogens with zero attached hydrogens (tertiary/aromatic N) is 2. The van der Waals surface area contributed by atoms with Gasteiger partial charge in [-0.25, -0.2) is 9.38 Å². The molecule has 1 saturated carbocycles. The largest absolute Gasteiger partial charge is 0.512 e. The average molecular weight is 631 g/mol. The number of hydrogen-bond donors (Lipinski definition) is 2. The fourth-order valence-electron chi connectivity index (χ4n) is 6.54. The Balaban J connectivity index is 2.03. The number of anilines is 1. The molecular formula is C33H41Cl2N3O5. The quantitative estimate of drug-likeness (QED) is 0.293. The molecule has 2 unspecified atom stereocenters. The Morgan fingerprint density at radius 3 is 2.00 bits per heavy atom. The first-order chi connectivity index (χ1) is 19.8. The molecule has 10 heteroatoms. The molecule has 0 saturated heterocycles. The highest BCUT2D eigenvalue weighted by Crippen LogP contribution is 2.53. The summed E-state index contributed by atoms with van der Waals surface area (Å²) in [6, 6.07) is 6.75. The van der Waals surface area contributed by atoms with E-state index in [0.717, 1.165) is 17.2 Å². The molecule has 1 amide bonds. The van der Waals surface area contributed by atoms with Gasteiger partial charge in [0.2, 0.25) is 5.91 Å². The zero-order valence-corrected chi connectivity index (χ0v) is 27.8. The first-order valence-electron chi connectivity index (χ1n) is 14.6. The number of hydrogen-bond acceptors (Lipinski definition) is 6. The molecule has 0 bridgehead atoms. The summed E-state index contributed by atoms with van der Waals surface area (Å²) in [6.45, 7) is 17.7. The predicted molar refractivity (Wildman–Crippen MR) is 172 cm³/mol. The summed E-state index contributed by atoms with van der Waals surface area (Å²) in [5.41, 5.74) is -0.296. The Labute approximate surface area is 262 Å². The summed E-state index contributed by atoms with van der Waals surface area (Å²) in [4.78, 5) is 44.8. The maximum absolute atomic E-state index is 14.5. The molecule has 2 aromatic heterocycles. The molecule has 0 radical (unpaired) electrons. The maximum atomic E-state index is 14.5. The van der Waals surface area contributed by atoms with Gasteiger partial charge in [-0.05, 0) is 66.0 Å². The van der Waals surface area contributed by atoms with Gasteiger partial charge >= 0.3 is 5.97 Å². The molecule has 1 aromatic carbocycles. The normalized spacial score (nSPS) is 21.9. The fourth-order valence-corrected chi connectivity index (χ4v) is 7.02. The number of carbonyl (C=O) groups excluding carboxylic acids is 2. The van der Waals surface area contributed by atoms with E-state index in [9.17, 15) is 19.5 Å². The molecule has 43 heavy (non-hydrogen) atoms. The minimum absolute atomic E-state index is 0.00195. The van der Waals surface area contributed by atoms with Crippen LogP contribution in [-0.2, 0) is 9.59 Å². The van der Waals surface area contributed by atoms with Crippen molar-refractivity contribution in [3.8, 4) is 16.9 Å². The lowest BCUT2D eigenvalue weighted by atomic mass is 9.55. The van der Waals surface area contributed by atoms with Gasteiger partial charge in [-0.15, -0.1) is 0 Å². The van der Waals surface area contributed by atoms with Crippen molar-refractivity contribution in [2.75, 3.05) is 5.32 Å². The van der Waals surface area contributed by atoms with Crippen molar-refractivity contribution in [2.24, 2.45) is 34.5 Å². The van der Waals surface area contributed by atoms with Crippen molar-refractivity contribution in [2.45, 2.75) is 75.2 Å². The van der Waals surface area contributed by atoms with Crippen LogP contribution in [0.15, 0.2) is 29.1 Å². The van der Waals surface area contributed by atoms with E-state index in [1.807, 2.05) is 0 Å². The molecule has 232 valence electrons. The lowest BCUT2D eigenvalue weighted by Gasteiger charge is -2.49. The van der Waals surface area contributed by atoms with Crippen molar-refractivity contribution >= 4 is 52.3 Å². The van der Waals surface area contributed by atoms with Crippen LogP contribution in [-0.4, -0.2) is 26.4 Å². The number of aliphatic hydroxyl groups is 1. The third kappa shape index (κ3) is 6.41. The van der Waals surface area contributed by atoms with Crippen LogP contribution in [0.1, 0.15) is 75.2 Å². The van der Waals surface area contributed by atoms with Crippen LogP contribution < -0.4 is 20.8 Å². The van der Waals surface area contributed by atoms with Gasteiger partial charge in [-0.3, -0.25) is 14.4 Å². The molecule has 8 nitrogen and oxygen atoms in total. The Hall–Kier alpha value is -3.10. The minimum Gasteiger partial charge on any atom is -0.512 e. The first-order valence-corrected chi connectivity index (χ1v) is 15.3. The van der Waals surface area contributed by atoms with Gasteiger partial charge in [-0.1, -0.05) is 83.8 Å². The number of amides is 1. The van der Waals surface area contributed by atoms with E-state index in [1.54, 1.807) is 24.3 Å². The van der Waals surface area contributed by atoms with Crippen LogP contribution in [0.5, 0.6) is 5.75 Å². The summed E-state index contributed by atoms with van der Waals surface area (Å²) in [6.07, 6.45) is 1.75. The number of benzene rings is 1. The van der Waals surface area contributed by atoms with Crippen LogP contribution in [0.4, 0.5) is 5.82 Å². The first kappa shape index (κ1) is 32.8. The van der Waals surface area contributed by atoms with E-state index in [1.165, 1.54) is 13.8 Å². The number of nitrogens with one attached hydrogen (secondary N) is 1. The number of aromatic nitrogens is 2. The van der Waals surface area contributed by atoms with Crippen molar-refractivity contribution in [1.82, 2.24) is 9.38 Å². The van der Waals surface area contributed by atoms with E-state index in [-0.39, 0.29) is 61.6 Å². The Morgan fingerprint density at radius 2 is 1.53 bits per heavy atom. The third-order valence-corrected chi connectivity index (χ3v) is 9.19. The average Bonchev–Trinajstić information content (AvgIpc) is 3.13. The summed E-state index contributed by atoms with van der Waals surface area (Å²) in [7, 11) is 0. The number of aliphatic hydroxyl groups excluding tert-OH is 1. The lowest BCUT2D eigenvalue weighted by Crippen LogP contribution is -2.48. The van der Waals surface area contributed by atoms with Crippen molar-refractivity contribution in [3.05, 3.63) is 50.0 Å². The van der Waals surface area contributed by atoms with Gasteiger partial charge in [0.15, 0.2) is 17.2 Å². The van der Waals surface area contributed by atoms with E-state index >= 15 is 0 Å². The highest BCUT2D eigenvalue weighted by Gasteiger charge is 2.50. The van der Waals surface area contributed by atoms with Crippen LogP contribution in [0.3, 0.4) is 0 Å². The number of fused-ring (bicyclic) bond motifs is 1. The predicted octanol–water partition coefficient (Wildman–Crippen LogP) is 7.31. The van der Waals surface area contributed by atoms with Gasteiger partial charge in [-0.2, -0.15) is 0 Å². The maximum Gasteiger partial charge on any atom is 0.315 e. The molecule has 2 atom stereocenters. The Bertz CT molecular complexity index is 1660. The van der Waals surface area contributed by atoms with Crippen LogP contribution >= 0.6 is 23.2 Å². The standard InChI is InChI=1S/C33H41Cl2N3O5/c1-16-14-21(32(4,5)6)25(22(15-16)33(7,8)9)31(42)43-26-24(19-10-12-20(34)13-11-19)27(35)38-29(26)37-28(36-18(3)40)23(17(2)39)30(38)41/h10-13,16,21-22,25,39H,14-15H2,1-9H3,(H,36,37,40). The van der Waals surface area contributed by atoms with E-state index < -0.39 is 23.4 Å². The zero-order chi connectivity index (χ0) is 32.2. The molecule has 1 aliphatic carbocycles. The lowest BCUT2D eigenvalue weighted by molar-refractivity contribution is -0.152. The number of esters is 1. The summed E-state index contributed by atoms with van der Waals surface area (Å²) >= 11 is 13.1.